The highest BCUT2D eigenvalue weighted by Crippen LogP contribution is 2.45. The van der Waals surface area contributed by atoms with Gasteiger partial charge in [0.05, 0.1) is 44.8 Å². The van der Waals surface area contributed by atoms with E-state index in [0.29, 0.717) is 17.0 Å². The van der Waals surface area contributed by atoms with Crippen molar-refractivity contribution >= 4 is 52.9 Å². The van der Waals surface area contributed by atoms with Gasteiger partial charge in [-0.25, -0.2) is 9.59 Å². The summed E-state index contributed by atoms with van der Waals surface area (Å²) in [4.78, 5) is 39.4. The van der Waals surface area contributed by atoms with Crippen molar-refractivity contribution < 1.29 is 28.6 Å². The number of hydrogen-bond donors (Lipinski definition) is 1. The summed E-state index contributed by atoms with van der Waals surface area (Å²) in [5.41, 5.74) is 1.14. The average molecular weight is 536 g/mol. The van der Waals surface area contributed by atoms with Crippen molar-refractivity contribution in [3.8, 4) is 0 Å². The number of carbonyl (C=O) groups is 3. The first-order valence-corrected chi connectivity index (χ1v) is 12.1. The molecular formula is C25H23Cl2NO6S. The summed E-state index contributed by atoms with van der Waals surface area (Å²) in [7, 11) is 3.69. The number of hydrogen-bond acceptors (Lipinski definition) is 8. The maximum absolute atomic E-state index is 13.2. The van der Waals surface area contributed by atoms with Gasteiger partial charge in [0.2, 0.25) is 0 Å². The predicted octanol–water partition coefficient (Wildman–Crippen LogP) is 4.89. The molecule has 0 saturated heterocycles. The van der Waals surface area contributed by atoms with Gasteiger partial charge in [-0.15, -0.1) is 11.8 Å². The van der Waals surface area contributed by atoms with Crippen molar-refractivity contribution in [2.75, 3.05) is 27.1 Å². The van der Waals surface area contributed by atoms with Gasteiger partial charge >= 0.3 is 17.9 Å². The summed E-state index contributed by atoms with van der Waals surface area (Å²) in [6, 6.07) is 14.4. The Morgan fingerprint density at radius 3 is 1.94 bits per heavy atom. The largest absolute Gasteiger partial charge is 0.469 e. The van der Waals surface area contributed by atoms with Crippen LogP contribution in [-0.2, 0) is 28.6 Å². The number of carbonyl (C=O) groups excluding carboxylic acids is 3. The minimum absolute atomic E-state index is 0.0155. The molecule has 35 heavy (non-hydrogen) atoms. The first-order valence-electron chi connectivity index (χ1n) is 10.4. The quantitative estimate of drug-likeness (QED) is 0.290. The smallest absolute Gasteiger partial charge is 0.336 e. The second-order valence-corrected chi connectivity index (χ2v) is 9.18. The van der Waals surface area contributed by atoms with Crippen LogP contribution in [0, 0.1) is 0 Å². The fourth-order valence-electron chi connectivity index (χ4n) is 3.73. The van der Waals surface area contributed by atoms with Gasteiger partial charge in [0.25, 0.3) is 0 Å². The van der Waals surface area contributed by atoms with E-state index in [1.807, 2.05) is 30.3 Å². The van der Waals surface area contributed by atoms with Crippen LogP contribution in [-0.4, -0.2) is 45.0 Å². The maximum atomic E-state index is 13.2. The molecule has 1 N–H and O–H groups in total. The summed E-state index contributed by atoms with van der Waals surface area (Å²) in [6.07, 6.45) is -0.270. The molecular weight excluding hydrogens is 513 g/mol. The molecule has 2 aromatic carbocycles. The van der Waals surface area contributed by atoms with Gasteiger partial charge in [-0.3, -0.25) is 4.79 Å². The number of methoxy groups -OCH3 is 3. The van der Waals surface area contributed by atoms with E-state index in [9.17, 15) is 14.4 Å². The third-order valence-corrected chi connectivity index (χ3v) is 7.00. The Kier molecular flexibility index (Phi) is 9.26. The Morgan fingerprint density at radius 2 is 1.40 bits per heavy atom. The lowest BCUT2D eigenvalue weighted by molar-refractivity contribution is -0.139. The van der Waals surface area contributed by atoms with Crippen LogP contribution < -0.4 is 5.32 Å². The number of halogens is 2. The molecule has 3 rings (SSSR count). The number of thioether (sulfide) groups is 1. The predicted molar refractivity (Wildman–Crippen MR) is 134 cm³/mol. The van der Waals surface area contributed by atoms with Crippen LogP contribution in [0.2, 0.25) is 10.0 Å². The molecule has 0 spiro atoms. The highest BCUT2D eigenvalue weighted by atomic mass is 35.5. The van der Waals surface area contributed by atoms with E-state index in [-0.39, 0.29) is 33.3 Å². The zero-order valence-electron chi connectivity index (χ0n) is 19.2. The molecule has 0 aliphatic carbocycles. The Labute approximate surface area is 217 Å². The molecule has 1 aliphatic heterocycles. The number of nitrogens with one attached hydrogen (secondary N) is 1. The van der Waals surface area contributed by atoms with Crippen molar-refractivity contribution in [2.45, 2.75) is 17.2 Å². The van der Waals surface area contributed by atoms with Gasteiger partial charge < -0.3 is 19.5 Å². The fourth-order valence-corrected chi connectivity index (χ4v) is 5.23. The molecule has 0 aromatic heterocycles. The van der Waals surface area contributed by atoms with E-state index in [1.165, 1.54) is 33.1 Å². The average Bonchev–Trinajstić information content (AvgIpc) is 2.86. The van der Waals surface area contributed by atoms with E-state index < -0.39 is 23.8 Å². The van der Waals surface area contributed by atoms with Gasteiger partial charge in [0, 0.05) is 37.7 Å². The second-order valence-electron chi connectivity index (χ2n) is 7.32. The third kappa shape index (κ3) is 6.01. The van der Waals surface area contributed by atoms with E-state index in [0.717, 1.165) is 4.90 Å². The van der Waals surface area contributed by atoms with E-state index in [4.69, 9.17) is 37.4 Å². The SMILES string of the molecule is COC(=O)CC1=C(C(=O)OC)C(c2c(Cl)cccc2Cl)C(C(=O)OC)=C(CSc2ccccc2)N1. The Balaban J connectivity index is 2.27. The lowest BCUT2D eigenvalue weighted by Crippen LogP contribution is -2.35. The standard InChI is InChI=1S/C25H23Cl2NO6S/c1-32-19(29)12-17-21(24(30)33-2)23(20-15(26)10-7-11-16(20)27)22(25(31)34-3)18(28-17)13-35-14-8-5-4-6-9-14/h4-11,23,28H,12-13H2,1-3H3. The second kappa shape index (κ2) is 12.2. The summed E-state index contributed by atoms with van der Waals surface area (Å²) in [5, 5.41) is 3.58. The zero-order chi connectivity index (χ0) is 25.5. The van der Waals surface area contributed by atoms with Gasteiger partial charge in [-0.1, -0.05) is 47.5 Å². The zero-order valence-corrected chi connectivity index (χ0v) is 21.6. The topological polar surface area (TPSA) is 90.9 Å². The Morgan fingerprint density at radius 1 is 0.829 bits per heavy atom. The molecule has 1 aliphatic rings. The van der Waals surface area contributed by atoms with Gasteiger partial charge in [0.15, 0.2) is 0 Å². The van der Waals surface area contributed by atoms with Crippen LogP contribution in [0.5, 0.6) is 0 Å². The minimum Gasteiger partial charge on any atom is -0.469 e. The van der Waals surface area contributed by atoms with Crippen LogP contribution in [0.4, 0.5) is 0 Å². The minimum atomic E-state index is -1.05. The van der Waals surface area contributed by atoms with Crippen molar-refractivity contribution in [2.24, 2.45) is 0 Å². The van der Waals surface area contributed by atoms with Crippen LogP contribution in [0.25, 0.3) is 0 Å². The van der Waals surface area contributed by atoms with E-state index in [2.05, 4.69) is 5.32 Å². The molecule has 0 saturated carbocycles. The van der Waals surface area contributed by atoms with Gasteiger partial charge in [-0.05, 0) is 24.3 Å². The molecule has 0 amide bonds. The fraction of sp³-hybridized carbons (Fsp3) is 0.240. The third-order valence-electron chi connectivity index (χ3n) is 5.30. The highest BCUT2D eigenvalue weighted by Gasteiger charge is 2.41. The monoisotopic (exact) mass is 535 g/mol. The van der Waals surface area contributed by atoms with Gasteiger partial charge in [0.1, 0.15) is 0 Å². The molecule has 1 unspecified atom stereocenters. The number of esters is 3. The van der Waals surface area contributed by atoms with Crippen molar-refractivity contribution in [3.63, 3.8) is 0 Å². The van der Waals surface area contributed by atoms with E-state index in [1.54, 1.807) is 18.2 Å². The molecule has 0 bridgehead atoms. The maximum Gasteiger partial charge on any atom is 0.336 e. The van der Waals surface area contributed by atoms with Crippen LogP contribution in [0.3, 0.4) is 0 Å². The van der Waals surface area contributed by atoms with Crippen LogP contribution in [0.1, 0.15) is 17.9 Å². The van der Waals surface area contributed by atoms with Crippen molar-refractivity contribution in [1.82, 2.24) is 5.32 Å². The normalized spacial score (nSPS) is 15.4. The molecule has 1 atom stereocenters. The number of dihydropyridines is 1. The Hall–Kier alpha value is -2.94. The molecule has 184 valence electrons. The first-order chi connectivity index (χ1) is 16.8. The number of rotatable bonds is 8. The van der Waals surface area contributed by atoms with Crippen molar-refractivity contribution in [1.29, 1.82) is 0 Å². The highest BCUT2D eigenvalue weighted by molar-refractivity contribution is 7.99. The summed E-state index contributed by atoms with van der Waals surface area (Å²) in [6.45, 7) is 0. The van der Waals surface area contributed by atoms with Crippen LogP contribution >= 0.6 is 35.0 Å². The Bertz CT molecular complexity index is 1180. The summed E-state index contributed by atoms with van der Waals surface area (Å²) >= 11 is 14.5. The molecule has 0 fully saturated rings. The molecule has 7 nitrogen and oxygen atoms in total. The summed E-state index contributed by atoms with van der Waals surface area (Å²) in [5.74, 6) is -2.78. The van der Waals surface area contributed by atoms with Crippen LogP contribution in [0.15, 0.2) is 76.0 Å². The van der Waals surface area contributed by atoms with Gasteiger partial charge in [-0.2, -0.15) is 0 Å². The first kappa shape index (κ1) is 26.7. The lowest BCUT2D eigenvalue weighted by atomic mass is 9.79. The number of ether oxygens (including phenoxy) is 3. The lowest BCUT2D eigenvalue weighted by Gasteiger charge is -2.32. The number of benzene rings is 2. The molecule has 1 heterocycles. The summed E-state index contributed by atoms with van der Waals surface area (Å²) < 4.78 is 15.0. The molecule has 10 heteroatoms. The van der Waals surface area contributed by atoms with Crippen molar-refractivity contribution in [3.05, 3.63) is 86.7 Å². The molecule has 0 radical (unpaired) electrons. The molecule has 2 aromatic rings. The van der Waals surface area contributed by atoms with E-state index >= 15 is 0 Å².